The van der Waals surface area contributed by atoms with Crippen molar-refractivity contribution in [3.8, 4) is 0 Å². The third-order valence-corrected chi connectivity index (χ3v) is 4.57. The second kappa shape index (κ2) is 6.74. The standard InChI is InChI=1S/C12H10ClN3O2S2/c13-8-4-2-1-3-7(8)11(18)16-9(17)6-19-10-5-15-12(14)20-10/h1-5H,6H2,(H2,14,15)(H,16,17,18). The van der Waals surface area contributed by atoms with Crippen molar-refractivity contribution < 1.29 is 9.59 Å². The number of amides is 2. The predicted molar refractivity (Wildman–Crippen MR) is 81.2 cm³/mol. The van der Waals surface area contributed by atoms with E-state index in [-0.39, 0.29) is 11.3 Å². The summed E-state index contributed by atoms with van der Waals surface area (Å²) in [4.78, 5) is 27.4. The van der Waals surface area contributed by atoms with Crippen molar-refractivity contribution in [2.75, 3.05) is 11.5 Å². The number of nitrogens with one attached hydrogen (secondary N) is 1. The fourth-order valence-corrected chi connectivity index (χ4v) is 3.13. The second-order valence-electron chi connectivity index (χ2n) is 3.66. The monoisotopic (exact) mass is 327 g/mol. The van der Waals surface area contributed by atoms with Crippen molar-refractivity contribution in [3.05, 3.63) is 41.0 Å². The highest BCUT2D eigenvalue weighted by Crippen LogP contribution is 2.26. The molecule has 0 aliphatic carbocycles. The molecule has 8 heteroatoms. The number of benzene rings is 1. The van der Waals surface area contributed by atoms with Crippen LogP contribution in [0.25, 0.3) is 0 Å². The van der Waals surface area contributed by atoms with Crippen LogP contribution >= 0.6 is 34.7 Å². The first kappa shape index (κ1) is 14.8. The van der Waals surface area contributed by atoms with E-state index in [4.69, 9.17) is 17.3 Å². The van der Waals surface area contributed by atoms with E-state index in [1.807, 2.05) is 0 Å². The quantitative estimate of drug-likeness (QED) is 0.842. The van der Waals surface area contributed by atoms with Gasteiger partial charge in [0.2, 0.25) is 5.91 Å². The van der Waals surface area contributed by atoms with Crippen molar-refractivity contribution >= 4 is 51.6 Å². The maximum absolute atomic E-state index is 11.8. The molecule has 0 aliphatic rings. The highest BCUT2D eigenvalue weighted by molar-refractivity contribution is 8.01. The Morgan fingerprint density at radius 3 is 2.80 bits per heavy atom. The summed E-state index contributed by atoms with van der Waals surface area (Å²) in [5, 5.41) is 3.03. The normalized spacial score (nSPS) is 10.2. The Morgan fingerprint density at radius 2 is 2.15 bits per heavy atom. The van der Waals surface area contributed by atoms with E-state index in [1.54, 1.807) is 30.5 Å². The third-order valence-electron chi connectivity index (χ3n) is 2.22. The van der Waals surface area contributed by atoms with Crippen LogP contribution in [-0.2, 0) is 4.79 Å². The topological polar surface area (TPSA) is 85.1 Å². The van der Waals surface area contributed by atoms with Crippen molar-refractivity contribution in [1.82, 2.24) is 10.3 Å². The van der Waals surface area contributed by atoms with Crippen LogP contribution in [0.4, 0.5) is 5.13 Å². The fraction of sp³-hybridized carbons (Fsp3) is 0.0833. The van der Waals surface area contributed by atoms with E-state index in [9.17, 15) is 9.59 Å². The van der Waals surface area contributed by atoms with Gasteiger partial charge in [-0.3, -0.25) is 14.9 Å². The number of thioether (sulfide) groups is 1. The zero-order valence-corrected chi connectivity index (χ0v) is 12.5. The zero-order chi connectivity index (χ0) is 14.5. The number of hydrogen-bond acceptors (Lipinski definition) is 6. The molecule has 0 radical (unpaired) electrons. The smallest absolute Gasteiger partial charge is 0.259 e. The van der Waals surface area contributed by atoms with Crippen LogP contribution < -0.4 is 11.1 Å². The molecule has 0 bridgehead atoms. The number of hydrogen-bond donors (Lipinski definition) is 2. The van der Waals surface area contributed by atoms with Crippen molar-refractivity contribution in [2.45, 2.75) is 4.21 Å². The zero-order valence-electron chi connectivity index (χ0n) is 10.1. The number of nitrogens with two attached hydrogens (primary N) is 1. The van der Waals surface area contributed by atoms with Gasteiger partial charge in [0.15, 0.2) is 5.13 Å². The highest BCUT2D eigenvalue weighted by atomic mass is 35.5. The lowest BCUT2D eigenvalue weighted by Crippen LogP contribution is -2.31. The number of rotatable bonds is 4. The minimum atomic E-state index is -0.509. The van der Waals surface area contributed by atoms with Crippen LogP contribution in [0, 0.1) is 0 Å². The fourth-order valence-electron chi connectivity index (χ4n) is 1.35. The average Bonchev–Trinajstić information content (AvgIpc) is 2.82. The molecule has 0 aliphatic heterocycles. The predicted octanol–water partition coefficient (Wildman–Crippen LogP) is 2.43. The molecule has 20 heavy (non-hydrogen) atoms. The molecule has 0 saturated carbocycles. The summed E-state index contributed by atoms with van der Waals surface area (Å²) in [6.07, 6.45) is 1.59. The largest absolute Gasteiger partial charge is 0.375 e. The van der Waals surface area contributed by atoms with Gasteiger partial charge >= 0.3 is 0 Å². The van der Waals surface area contributed by atoms with E-state index < -0.39 is 11.8 Å². The molecule has 2 rings (SSSR count). The van der Waals surface area contributed by atoms with Crippen LogP contribution in [0.15, 0.2) is 34.7 Å². The number of thiazole rings is 1. The SMILES string of the molecule is Nc1ncc(SCC(=O)NC(=O)c2ccccc2Cl)s1. The number of nitrogens with zero attached hydrogens (tertiary/aromatic N) is 1. The first-order valence-corrected chi connectivity index (χ1v) is 7.67. The lowest BCUT2D eigenvalue weighted by molar-refractivity contribution is -0.117. The Morgan fingerprint density at radius 1 is 1.40 bits per heavy atom. The molecule has 0 unspecified atom stereocenters. The number of anilines is 1. The summed E-state index contributed by atoms with van der Waals surface area (Å²) in [5.74, 6) is -0.797. The maximum Gasteiger partial charge on any atom is 0.259 e. The molecular weight excluding hydrogens is 318 g/mol. The number of halogens is 1. The molecule has 1 aromatic heterocycles. The van der Waals surface area contributed by atoms with E-state index in [2.05, 4.69) is 10.3 Å². The Balaban J connectivity index is 1.88. The van der Waals surface area contributed by atoms with Crippen LogP contribution in [0.5, 0.6) is 0 Å². The van der Waals surface area contributed by atoms with Gasteiger partial charge in [0.1, 0.15) is 0 Å². The summed E-state index contributed by atoms with van der Waals surface area (Å²) < 4.78 is 0.822. The van der Waals surface area contributed by atoms with Gasteiger partial charge in [-0.2, -0.15) is 0 Å². The number of imide groups is 1. The van der Waals surface area contributed by atoms with Crippen molar-refractivity contribution in [3.63, 3.8) is 0 Å². The van der Waals surface area contributed by atoms with Crippen LogP contribution in [0.2, 0.25) is 5.02 Å². The molecule has 0 fully saturated rings. The maximum atomic E-state index is 11.8. The van der Waals surface area contributed by atoms with Gasteiger partial charge < -0.3 is 5.73 Å². The van der Waals surface area contributed by atoms with E-state index in [0.717, 1.165) is 4.21 Å². The van der Waals surface area contributed by atoms with Gasteiger partial charge in [0, 0.05) is 0 Å². The van der Waals surface area contributed by atoms with Crippen LogP contribution in [-0.4, -0.2) is 22.6 Å². The lowest BCUT2D eigenvalue weighted by Gasteiger charge is -2.04. The van der Waals surface area contributed by atoms with Crippen molar-refractivity contribution in [1.29, 1.82) is 0 Å². The van der Waals surface area contributed by atoms with Gasteiger partial charge in [-0.05, 0) is 12.1 Å². The highest BCUT2D eigenvalue weighted by Gasteiger charge is 2.13. The first-order valence-electron chi connectivity index (χ1n) is 5.49. The molecule has 2 amide bonds. The summed E-state index contributed by atoms with van der Waals surface area (Å²) >= 11 is 8.44. The Labute approximate surface area is 128 Å². The van der Waals surface area contributed by atoms with Gasteiger partial charge in [0.05, 0.1) is 26.7 Å². The molecular formula is C12H10ClN3O2S2. The molecule has 0 spiro atoms. The molecule has 5 nitrogen and oxygen atoms in total. The first-order chi connectivity index (χ1) is 9.56. The lowest BCUT2D eigenvalue weighted by atomic mass is 10.2. The summed E-state index contributed by atoms with van der Waals surface area (Å²) in [7, 11) is 0. The third kappa shape index (κ3) is 3.96. The van der Waals surface area contributed by atoms with Gasteiger partial charge in [-0.1, -0.05) is 35.1 Å². The van der Waals surface area contributed by atoms with Crippen LogP contribution in [0.3, 0.4) is 0 Å². The van der Waals surface area contributed by atoms with E-state index >= 15 is 0 Å². The Hall–Kier alpha value is -1.57. The minimum Gasteiger partial charge on any atom is -0.375 e. The molecule has 104 valence electrons. The Bertz CT molecular complexity index is 645. The molecule has 3 N–H and O–H groups in total. The molecule has 2 aromatic rings. The van der Waals surface area contributed by atoms with Crippen molar-refractivity contribution in [2.24, 2.45) is 0 Å². The van der Waals surface area contributed by atoms with Gasteiger partial charge in [0.25, 0.3) is 5.91 Å². The molecule has 1 aromatic carbocycles. The Kier molecular flexibility index (Phi) is 4.99. The van der Waals surface area contributed by atoms with E-state index in [1.165, 1.54) is 23.1 Å². The number of carbonyl (C=O) groups excluding carboxylic acids is 2. The number of nitrogen functional groups attached to an aromatic ring is 1. The number of aromatic nitrogens is 1. The second-order valence-corrected chi connectivity index (χ2v) is 6.41. The van der Waals surface area contributed by atoms with E-state index in [0.29, 0.717) is 10.2 Å². The van der Waals surface area contributed by atoms with Crippen LogP contribution in [0.1, 0.15) is 10.4 Å². The summed E-state index contributed by atoms with van der Waals surface area (Å²) in [6.45, 7) is 0. The van der Waals surface area contributed by atoms with Gasteiger partial charge in [-0.25, -0.2) is 4.98 Å². The van der Waals surface area contributed by atoms with Gasteiger partial charge in [-0.15, -0.1) is 11.8 Å². The summed E-state index contributed by atoms with van der Waals surface area (Å²) in [6, 6.07) is 6.54. The molecule has 1 heterocycles. The average molecular weight is 328 g/mol. The molecule has 0 saturated heterocycles. The number of carbonyl (C=O) groups is 2. The summed E-state index contributed by atoms with van der Waals surface area (Å²) in [5.41, 5.74) is 5.76. The molecule has 0 atom stereocenters. The minimum absolute atomic E-state index is 0.109.